The Morgan fingerprint density at radius 1 is 1.33 bits per heavy atom. The van der Waals surface area contributed by atoms with E-state index in [4.69, 9.17) is 15.8 Å². The molecule has 0 spiro atoms. The SMILES string of the molecule is Cc1ccccc1S(=O)(O)(Cl)CCCCC(=O)O. The second kappa shape index (κ2) is 5.38. The first-order chi connectivity index (χ1) is 8.21. The summed E-state index contributed by atoms with van der Waals surface area (Å²) >= 11 is 0. The van der Waals surface area contributed by atoms with E-state index in [1.54, 1.807) is 25.1 Å². The van der Waals surface area contributed by atoms with Crippen LogP contribution in [0, 0.1) is 6.92 Å². The second-order valence-corrected chi connectivity index (χ2v) is 8.95. The van der Waals surface area contributed by atoms with Gasteiger partial charge in [-0.15, -0.1) is 0 Å². The van der Waals surface area contributed by atoms with Gasteiger partial charge in [-0.3, -0.25) is 9.35 Å². The lowest BCUT2D eigenvalue weighted by Gasteiger charge is -2.36. The third kappa shape index (κ3) is 4.08. The molecule has 18 heavy (non-hydrogen) atoms. The molecule has 1 rings (SSSR count). The lowest BCUT2D eigenvalue weighted by molar-refractivity contribution is -0.137. The summed E-state index contributed by atoms with van der Waals surface area (Å²) in [6, 6.07) is 6.68. The molecule has 102 valence electrons. The average Bonchev–Trinajstić information content (AvgIpc) is 2.24. The van der Waals surface area contributed by atoms with Crippen LogP contribution >= 0.6 is 10.7 Å². The number of rotatable bonds is 6. The van der Waals surface area contributed by atoms with Gasteiger partial charge in [-0.1, -0.05) is 26.8 Å². The molecule has 0 aliphatic rings. The fourth-order valence-electron chi connectivity index (χ4n) is 1.74. The van der Waals surface area contributed by atoms with Crippen LogP contribution in [0.25, 0.3) is 0 Å². The van der Waals surface area contributed by atoms with Crippen LogP contribution in [0.1, 0.15) is 24.8 Å². The van der Waals surface area contributed by atoms with Crippen molar-refractivity contribution in [1.82, 2.24) is 0 Å². The molecule has 1 aromatic rings. The quantitative estimate of drug-likeness (QED) is 0.624. The van der Waals surface area contributed by atoms with Crippen LogP contribution in [0.3, 0.4) is 0 Å². The zero-order chi connectivity index (χ0) is 13.8. The fraction of sp³-hybridized carbons (Fsp3) is 0.417. The molecule has 0 radical (unpaired) electrons. The topological polar surface area (TPSA) is 74.6 Å². The van der Waals surface area contributed by atoms with E-state index < -0.39 is 14.5 Å². The minimum absolute atomic E-state index is 0.0203. The van der Waals surface area contributed by atoms with Gasteiger partial charge in [-0.05, 0) is 31.4 Å². The summed E-state index contributed by atoms with van der Waals surface area (Å²) in [5, 5.41) is 8.50. The van der Waals surface area contributed by atoms with Gasteiger partial charge in [-0.2, -0.15) is 4.21 Å². The summed E-state index contributed by atoms with van der Waals surface area (Å²) < 4.78 is 22.6. The van der Waals surface area contributed by atoms with Gasteiger partial charge in [0.05, 0.1) is 10.6 Å². The highest BCUT2D eigenvalue weighted by Gasteiger charge is 2.28. The van der Waals surface area contributed by atoms with E-state index in [1.165, 1.54) is 6.07 Å². The molecule has 0 heterocycles. The van der Waals surface area contributed by atoms with E-state index in [1.807, 2.05) is 0 Å². The maximum Gasteiger partial charge on any atom is 0.303 e. The molecular formula is C12H17ClO4S. The predicted molar refractivity (Wildman–Crippen MR) is 72.4 cm³/mol. The lowest BCUT2D eigenvalue weighted by atomic mass is 10.2. The molecule has 0 aliphatic heterocycles. The molecule has 0 amide bonds. The minimum Gasteiger partial charge on any atom is -0.481 e. The van der Waals surface area contributed by atoms with E-state index in [0.717, 1.165) is 0 Å². The summed E-state index contributed by atoms with van der Waals surface area (Å²) in [7, 11) is 1.52. The molecule has 0 atom stereocenters. The highest BCUT2D eigenvalue weighted by atomic mass is 35.7. The third-order valence-electron chi connectivity index (χ3n) is 2.66. The Morgan fingerprint density at radius 3 is 2.50 bits per heavy atom. The van der Waals surface area contributed by atoms with Crippen molar-refractivity contribution in [1.29, 1.82) is 0 Å². The van der Waals surface area contributed by atoms with Gasteiger partial charge in [0.15, 0.2) is 0 Å². The van der Waals surface area contributed by atoms with Crippen molar-refractivity contribution >= 4 is 25.2 Å². The number of carbonyl (C=O) groups is 1. The average molecular weight is 293 g/mol. The number of carboxylic acid groups (broad SMARTS) is 1. The van der Waals surface area contributed by atoms with Crippen molar-refractivity contribution in [3.63, 3.8) is 0 Å². The van der Waals surface area contributed by atoms with E-state index in [0.29, 0.717) is 18.4 Å². The normalized spacial score (nSPS) is 13.8. The molecule has 6 heteroatoms. The van der Waals surface area contributed by atoms with E-state index in [9.17, 15) is 13.6 Å². The summed E-state index contributed by atoms with van der Waals surface area (Å²) in [5.41, 5.74) is 0.658. The fourth-order valence-corrected chi connectivity index (χ4v) is 4.55. The molecule has 0 aliphatic carbocycles. The summed E-state index contributed by atoms with van der Waals surface area (Å²) in [4.78, 5) is 10.6. The van der Waals surface area contributed by atoms with Gasteiger partial charge < -0.3 is 5.11 Å². The first-order valence-electron chi connectivity index (χ1n) is 5.60. The summed E-state index contributed by atoms with van der Waals surface area (Å²) in [5.74, 6) is -1.04. The summed E-state index contributed by atoms with van der Waals surface area (Å²) in [6.45, 7) is 1.72. The molecule has 4 nitrogen and oxygen atoms in total. The van der Waals surface area contributed by atoms with Crippen molar-refractivity contribution in [3.05, 3.63) is 29.8 Å². The Labute approximate surface area is 111 Å². The lowest BCUT2D eigenvalue weighted by Crippen LogP contribution is -2.29. The standard InChI is InChI=1S/C12H17ClO4S/c1-10-6-2-3-7-11(10)18(13,16,17)9-5-4-8-12(14)15/h2-3,6-7H,4-5,8-9H2,1H3,(H,14,15)(H,16,17). The second-order valence-electron chi connectivity index (χ2n) is 4.28. The van der Waals surface area contributed by atoms with Crippen LogP contribution in [0.5, 0.6) is 0 Å². The van der Waals surface area contributed by atoms with Crippen LogP contribution in [0.2, 0.25) is 0 Å². The van der Waals surface area contributed by atoms with Gasteiger partial charge in [0.1, 0.15) is 0 Å². The Morgan fingerprint density at radius 2 is 1.94 bits per heavy atom. The molecule has 0 saturated carbocycles. The third-order valence-corrected chi connectivity index (χ3v) is 5.93. The van der Waals surface area contributed by atoms with Crippen molar-refractivity contribution < 1.29 is 18.7 Å². The molecule has 1 aromatic carbocycles. The molecule has 0 saturated heterocycles. The maximum atomic E-state index is 12.4. The Bertz CT molecular complexity index is 507. The molecule has 0 bridgehead atoms. The number of aliphatic carboxylic acids is 1. The monoisotopic (exact) mass is 292 g/mol. The summed E-state index contributed by atoms with van der Waals surface area (Å²) in [6.07, 6.45) is 0.614. The minimum atomic E-state index is -4.38. The molecule has 0 fully saturated rings. The number of halogens is 1. The zero-order valence-electron chi connectivity index (χ0n) is 10.1. The highest BCUT2D eigenvalue weighted by Crippen LogP contribution is 2.39. The number of aryl methyl sites for hydroxylation is 1. The van der Waals surface area contributed by atoms with Crippen LogP contribution in [0.15, 0.2) is 29.2 Å². The highest BCUT2D eigenvalue weighted by molar-refractivity contribution is 8.34. The van der Waals surface area contributed by atoms with Gasteiger partial charge in [0.2, 0.25) is 0 Å². The smallest absolute Gasteiger partial charge is 0.303 e. The predicted octanol–water partition coefficient (Wildman–Crippen LogP) is 3.06. The number of hydrogen-bond acceptors (Lipinski definition) is 2. The first kappa shape index (κ1) is 15.1. The molecular weight excluding hydrogens is 276 g/mol. The Balaban J connectivity index is 2.80. The van der Waals surface area contributed by atoms with Crippen LogP contribution in [-0.4, -0.2) is 25.6 Å². The molecule has 0 unspecified atom stereocenters. The largest absolute Gasteiger partial charge is 0.481 e. The Hall–Kier alpha value is -0.910. The zero-order valence-corrected chi connectivity index (χ0v) is 11.7. The molecule has 2 N–H and O–H groups in total. The van der Waals surface area contributed by atoms with Gasteiger partial charge >= 0.3 is 5.97 Å². The van der Waals surface area contributed by atoms with Crippen molar-refractivity contribution in [2.45, 2.75) is 31.1 Å². The van der Waals surface area contributed by atoms with Gasteiger partial charge in [0.25, 0.3) is 0 Å². The van der Waals surface area contributed by atoms with E-state index in [-0.39, 0.29) is 17.1 Å². The first-order valence-corrected chi connectivity index (χ1v) is 8.52. The molecule has 0 aromatic heterocycles. The van der Waals surface area contributed by atoms with Crippen molar-refractivity contribution in [2.24, 2.45) is 0 Å². The van der Waals surface area contributed by atoms with Gasteiger partial charge in [0, 0.05) is 17.1 Å². The van der Waals surface area contributed by atoms with Crippen LogP contribution < -0.4 is 0 Å². The van der Waals surface area contributed by atoms with E-state index >= 15 is 0 Å². The number of unbranched alkanes of at least 4 members (excludes halogenated alkanes) is 1. The number of benzene rings is 1. The van der Waals surface area contributed by atoms with E-state index in [2.05, 4.69) is 0 Å². The maximum absolute atomic E-state index is 12.4. The van der Waals surface area contributed by atoms with Gasteiger partial charge in [-0.25, -0.2) is 0 Å². The van der Waals surface area contributed by atoms with Crippen LogP contribution in [0.4, 0.5) is 0 Å². The number of carboxylic acids is 1. The van der Waals surface area contributed by atoms with Crippen molar-refractivity contribution in [3.8, 4) is 0 Å². The number of hydrogen-bond donors (Lipinski definition) is 2. The van der Waals surface area contributed by atoms with Crippen molar-refractivity contribution in [2.75, 3.05) is 5.75 Å². The van der Waals surface area contributed by atoms with Crippen LogP contribution in [-0.2, 0) is 13.4 Å². The Kier molecular flexibility index (Phi) is 4.53.